The van der Waals surface area contributed by atoms with E-state index in [2.05, 4.69) is 23.3 Å². The normalized spacial score (nSPS) is 12.9. The third kappa shape index (κ3) is 2.58. The highest BCUT2D eigenvalue weighted by Gasteiger charge is 2.18. The topological polar surface area (TPSA) is 43.0 Å². The predicted molar refractivity (Wildman–Crippen MR) is 66.8 cm³/mol. The lowest BCUT2D eigenvalue weighted by atomic mass is 10.1. The molecule has 2 heterocycles. The molecule has 1 atom stereocenters. The minimum Gasteiger partial charge on any atom is -0.469 e. The van der Waals surface area contributed by atoms with E-state index >= 15 is 0 Å². The highest BCUT2D eigenvalue weighted by Crippen LogP contribution is 2.22. The van der Waals surface area contributed by atoms with Gasteiger partial charge in [0, 0.05) is 25.0 Å². The summed E-state index contributed by atoms with van der Waals surface area (Å²) in [5.74, 6) is 1.94. The maximum atomic E-state index is 5.39. The molecular formula is C13H19N3O. The van der Waals surface area contributed by atoms with Gasteiger partial charge in [0.2, 0.25) is 0 Å². The van der Waals surface area contributed by atoms with Crippen LogP contribution in [-0.2, 0) is 7.05 Å². The molecule has 0 aromatic carbocycles. The first kappa shape index (κ1) is 11.9. The Labute approximate surface area is 102 Å². The molecule has 0 spiro atoms. The summed E-state index contributed by atoms with van der Waals surface area (Å²) in [4.78, 5) is 4.41. The Morgan fingerprint density at radius 2 is 2.35 bits per heavy atom. The van der Waals surface area contributed by atoms with E-state index < -0.39 is 0 Å². The third-order valence-corrected chi connectivity index (χ3v) is 2.80. The summed E-state index contributed by atoms with van der Waals surface area (Å²) in [7, 11) is 2.01. The fourth-order valence-corrected chi connectivity index (χ4v) is 1.92. The van der Waals surface area contributed by atoms with E-state index in [0.29, 0.717) is 0 Å². The number of aromatic nitrogens is 2. The molecule has 0 amide bonds. The highest BCUT2D eigenvalue weighted by molar-refractivity contribution is 5.23. The zero-order chi connectivity index (χ0) is 12.3. The van der Waals surface area contributed by atoms with Crippen LogP contribution in [0.5, 0.6) is 0 Å². The van der Waals surface area contributed by atoms with Crippen LogP contribution in [0.15, 0.2) is 29.1 Å². The van der Waals surface area contributed by atoms with Crippen LogP contribution in [0, 0.1) is 6.92 Å². The van der Waals surface area contributed by atoms with Crippen molar-refractivity contribution in [2.24, 2.45) is 7.05 Å². The summed E-state index contributed by atoms with van der Waals surface area (Å²) < 4.78 is 7.42. The Kier molecular flexibility index (Phi) is 3.64. The molecule has 2 aromatic heterocycles. The molecule has 2 rings (SSSR count). The van der Waals surface area contributed by atoms with E-state index in [-0.39, 0.29) is 6.04 Å². The minimum atomic E-state index is 0.104. The summed E-state index contributed by atoms with van der Waals surface area (Å²) in [6, 6.07) is 2.16. The molecule has 0 radical (unpaired) electrons. The molecule has 4 heteroatoms. The molecule has 0 aliphatic carbocycles. The van der Waals surface area contributed by atoms with Gasteiger partial charge >= 0.3 is 0 Å². The maximum Gasteiger partial charge on any atom is 0.130 e. The second-order valence-electron chi connectivity index (χ2n) is 4.27. The zero-order valence-corrected chi connectivity index (χ0v) is 10.6. The zero-order valence-electron chi connectivity index (χ0n) is 10.6. The van der Waals surface area contributed by atoms with Gasteiger partial charge in [-0.05, 0) is 26.0 Å². The van der Waals surface area contributed by atoms with Gasteiger partial charge in [0.1, 0.15) is 11.6 Å². The molecule has 4 nitrogen and oxygen atoms in total. The molecule has 17 heavy (non-hydrogen) atoms. The van der Waals surface area contributed by atoms with Gasteiger partial charge in [-0.2, -0.15) is 0 Å². The number of hydrogen-bond acceptors (Lipinski definition) is 3. The van der Waals surface area contributed by atoms with Crippen molar-refractivity contribution in [3.63, 3.8) is 0 Å². The van der Waals surface area contributed by atoms with Crippen LogP contribution in [0.4, 0.5) is 0 Å². The van der Waals surface area contributed by atoms with Crippen molar-refractivity contribution in [3.8, 4) is 0 Å². The Morgan fingerprint density at radius 3 is 2.88 bits per heavy atom. The smallest absolute Gasteiger partial charge is 0.130 e. The fourth-order valence-electron chi connectivity index (χ4n) is 1.92. The third-order valence-electron chi connectivity index (χ3n) is 2.80. The SMILES string of the molecule is CCCNC(c1coc(C)c1)c1nccn1C. The van der Waals surface area contributed by atoms with E-state index in [1.54, 1.807) is 6.26 Å². The lowest BCUT2D eigenvalue weighted by Crippen LogP contribution is -2.25. The van der Waals surface area contributed by atoms with Crippen LogP contribution in [0.2, 0.25) is 0 Å². The van der Waals surface area contributed by atoms with Crippen LogP contribution >= 0.6 is 0 Å². The molecule has 0 aliphatic rings. The summed E-state index contributed by atoms with van der Waals surface area (Å²) in [5.41, 5.74) is 1.13. The van der Waals surface area contributed by atoms with Crippen LogP contribution in [0.25, 0.3) is 0 Å². The molecule has 0 aliphatic heterocycles. The quantitative estimate of drug-likeness (QED) is 0.862. The van der Waals surface area contributed by atoms with Gasteiger partial charge in [0.15, 0.2) is 0 Å². The molecule has 0 saturated heterocycles. The lowest BCUT2D eigenvalue weighted by molar-refractivity contribution is 0.516. The number of aryl methyl sites for hydroxylation is 2. The van der Waals surface area contributed by atoms with Gasteiger partial charge in [-0.1, -0.05) is 6.92 Å². The van der Waals surface area contributed by atoms with Gasteiger partial charge in [-0.15, -0.1) is 0 Å². The van der Waals surface area contributed by atoms with Crippen molar-refractivity contribution in [2.75, 3.05) is 6.54 Å². The monoisotopic (exact) mass is 233 g/mol. The fraction of sp³-hybridized carbons (Fsp3) is 0.462. The van der Waals surface area contributed by atoms with E-state index in [1.165, 1.54) is 0 Å². The standard InChI is InChI=1S/C13H19N3O/c1-4-5-14-12(11-8-10(2)17-9-11)13-15-6-7-16(13)3/h6-9,12,14H,4-5H2,1-3H3. The van der Waals surface area contributed by atoms with Crippen molar-refractivity contribution in [1.82, 2.24) is 14.9 Å². The number of imidazole rings is 1. The minimum absolute atomic E-state index is 0.104. The second-order valence-corrected chi connectivity index (χ2v) is 4.27. The van der Waals surface area contributed by atoms with Gasteiger partial charge in [-0.25, -0.2) is 4.98 Å². The van der Waals surface area contributed by atoms with Crippen molar-refractivity contribution in [1.29, 1.82) is 0 Å². The molecule has 1 N–H and O–H groups in total. The van der Waals surface area contributed by atoms with Gasteiger partial charge in [0.05, 0.1) is 12.3 Å². The molecule has 0 bridgehead atoms. The first-order valence-electron chi connectivity index (χ1n) is 5.98. The average Bonchev–Trinajstić information content (AvgIpc) is 2.90. The number of rotatable bonds is 5. The number of hydrogen-bond donors (Lipinski definition) is 1. The Balaban J connectivity index is 2.28. The first-order valence-corrected chi connectivity index (χ1v) is 5.98. The molecule has 0 fully saturated rings. The molecule has 92 valence electrons. The largest absolute Gasteiger partial charge is 0.469 e. The van der Waals surface area contributed by atoms with Crippen molar-refractivity contribution >= 4 is 0 Å². The Bertz CT molecular complexity index is 472. The predicted octanol–water partition coefficient (Wildman–Crippen LogP) is 2.41. The second kappa shape index (κ2) is 5.19. The molecular weight excluding hydrogens is 214 g/mol. The summed E-state index contributed by atoms with van der Waals surface area (Å²) >= 11 is 0. The number of furan rings is 1. The van der Waals surface area contributed by atoms with E-state index in [0.717, 1.165) is 30.1 Å². The van der Waals surface area contributed by atoms with Crippen LogP contribution < -0.4 is 5.32 Å². The van der Waals surface area contributed by atoms with E-state index in [1.807, 2.05) is 30.9 Å². The van der Waals surface area contributed by atoms with Gasteiger partial charge in [0.25, 0.3) is 0 Å². The van der Waals surface area contributed by atoms with Crippen molar-refractivity contribution in [3.05, 3.63) is 41.9 Å². The van der Waals surface area contributed by atoms with Crippen LogP contribution in [0.3, 0.4) is 0 Å². The van der Waals surface area contributed by atoms with Gasteiger partial charge < -0.3 is 14.3 Å². The number of nitrogens with one attached hydrogen (secondary N) is 1. The van der Waals surface area contributed by atoms with Crippen LogP contribution in [0.1, 0.15) is 36.5 Å². The van der Waals surface area contributed by atoms with Crippen molar-refractivity contribution < 1.29 is 4.42 Å². The Morgan fingerprint density at radius 1 is 1.53 bits per heavy atom. The van der Waals surface area contributed by atoms with E-state index in [4.69, 9.17) is 4.42 Å². The molecule has 0 saturated carbocycles. The van der Waals surface area contributed by atoms with E-state index in [9.17, 15) is 0 Å². The Hall–Kier alpha value is -1.55. The first-order chi connectivity index (χ1) is 8.22. The molecule has 2 aromatic rings. The lowest BCUT2D eigenvalue weighted by Gasteiger charge is -2.16. The summed E-state index contributed by atoms with van der Waals surface area (Å²) in [5, 5.41) is 3.50. The van der Waals surface area contributed by atoms with Crippen molar-refractivity contribution in [2.45, 2.75) is 26.3 Å². The molecule has 1 unspecified atom stereocenters. The maximum absolute atomic E-state index is 5.39. The average molecular weight is 233 g/mol. The number of nitrogens with zero attached hydrogens (tertiary/aromatic N) is 2. The van der Waals surface area contributed by atoms with Gasteiger partial charge in [-0.3, -0.25) is 0 Å². The summed E-state index contributed by atoms with van der Waals surface area (Å²) in [6.45, 7) is 5.07. The van der Waals surface area contributed by atoms with Crippen LogP contribution in [-0.4, -0.2) is 16.1 Å². The summed E-state index contributed by atoms with van der Waals surface area (Å²) in [6.07, 6.45) is 6.68. The highest BCUT2D eigenvalue weighted by atomic mass is 16.3.